The molecule has 5 N–H and O–H groups in total. The van der Waals surface area contributed by atoms with E-state index in [1.165, 1.54) is 0 Å². The number of rotatable bonds is 0. The van der Waals surface area contributed by atoms with Crippen LogP contribution in [0.5, 0.6) is 0 Å². The zero-order valence-corrected chi connectivity index (χ0v) is 9.40. The molecule has 2 radical (unpaired) electrons. The predicted octanol–water partition coefficient (Wildman–Crippen LogP) is -0.388. The van der Waals surface area contributed by atoms with Crippen LogP contribution in [0.1, 0.15) is 35.1 Å². The minimum atomic E-state index is -1.90. The van der Waals surface area contributed by atoms with Crippen molar-refractivity contribution < 1.29 is 15.3 Å². The first-order chi connectivity index (χ1) is 7.83. The molecule has 1 aromatic carbocycles. The first-order valence-electron chi connectivity index (χ1n) is 5.74. The monoisotopic (exact) mass is 231 g/mol. The molecule has 1 aromatic rings. The molecule has 4 nitrogen and oxygen atoms in total. The summed E-state index contributed by atoms with van der Waals surface area (Å²) >= 11 is 0. The Labute approximate surface area is 100 Å². The minimum Gasteiger partial charge on any atom is -0.398 e. The lowest BCUT2D eigenvalue weighted by Crippen LogP contribution is -2.27. The Morgan fingerprint density at radius 2 is 1.65 bits per heavy atom. The largest absolute Gasteiger partial charge is 0.398 e. The second-order valence-electron chi connectivity index (χ2n) is 5.10. The van der Waals surface area contributed by atoms with Gasteiger partial charge in [0.2, 0.25) is 0 Å². The van der Waals surface area contributed by atoms with E-state index in [9.17, 15) is 15.3 Å². The molecule has 0 saturated heterocycles. The van der Waals surface area contributed by atoms with Crippen LogP contribution in [0.4, 0.5) is 5.69 Å². The van der Waals surface area contributed by atoms with Crippen LogP contribution in [0.25, 0.3) is 0 Å². The molecule has 3 rings (SSSR count). The van der Waals surface area contributed by atoms with Crippen molar-refractivity contribution in [3.05, 3.63) is 28.3 Å². The Hall–Kier alpha value is -1.04. The lowest BCUT2D eigenvalue weighted by atomic mass is 9.75. The summed E-state index contributed by atoms with van der Waals surface area (Å²) in [4.78, 5) is 0. The standard InChI is InChI=1S/C12H14BNO3/c13-11(15)3-1-6-5-7-2-4-12(16,17)9(7)10(14)8(6)11/h5,15-17H,1-4,14H2. The molecule has 1 atom stereocenters. The van der Waals surface area contributed by atoms with E-state index in [4.69, 9.17) is 13.6 Å². The molecular formula is C12H14BNO3. The van der Waals surface area contributed by atoms with Crippen molar-refractivity contribution in [3.8, 4) is 0 Å². The Morgan fingerprint density at radius 1 is 1.06 bits per heavy atom. The molecule has 0 aliphatic heterocycles. The van der Waals surface area contributed by atoms with E-state index in [0.29, 0.717) is 30.4 Å². The van der Waals surface area contributed by atoms with Gasteiger partial charge in [-0.3, -0.25) is 0 Å². The SMILES string of the molecule is [B]C1(O)CCc2cc3c(c(N)c21)C(O)(O)CC3. The van der Waals surface area contributed by atoms with Crippen LogP contribution in [0.2, 0.25) is 0 Å². The summed E-state index contributed by atoms with van der Waals surface area (Å²) < 4.78 is 0. The summed E-state index contributed by atoms with van der Waals surface area (Å²) in [6, 6.07) is 1.89. The van der Waals surface area contributed by atoms with E-state index in [1.807, 2.05) is 6.07 Å². The quantitative estimate of drug-likeness (QED) is 0.278. The summed E-state index contributed by atoms with van der Waals surface area (Å²) in [6.45, 7) is 0. The second-order valence-corrected chi connectivity index (χ2v) is 5.10. The molecule has 0 heterocycles. The number of nitrogen functional groups attached to an aromatic ring is 1. The Balaban J connectivity index is 2.30. The Kier molecular flexibility index (Phi) is 1.98. The van der Waals surface area contributed by atoms with Crippen LogP contribution in [0, 0.1) is 0 Å². The van der Waals surface area contributed by atoms with Crippen LogP contribution in [-0.2, 0) is 24.1 Å². The van der Waals surface area contributed by atoms with Crippen LogP contribution < -0.4 is 5.73 Å². The molecule has 0 spiro atoms. The minimum absolute atomic E-state index is 0.235. The van der Waals surface area contributed by atoms with E-state index in [0.717, 1.165) is 11.1 Å². The van der Waals surface area contributed by atoms with E-state index in [1.54, 1.807) is 0 Å². The number of hydrogen-bond donors (Lipinski definition) is 4. The topological polar surface area (TPSA) is 86.7 Å². The van der Waals surface area contributed by atoms with Crippen molar-refractivity contribution in [2.75, 3.05) is 5.73 Å². The molecule has 5 heteroatoms. The van der Waals surface area contributed by atoms with Crippen LogP contribution in [-0.4, -0.2) is 23.2 Å². The molecule has 0 amide bonds. The van der Waals surface area contributed by atoms with Gasteiger partial charge in [-0.15, -0.1) is 0 Å². The fourth-order valence-corrected chi connectivity index (χ4v) is 3.09. The maximum Gasteiger partial charge on any atom is 0.192 e. The smallest absolute Gasteiger partial charge is 0.192 e. The Bertz CT molecular complexity index is 469. The van der Waals surface area contributed by atoms with Gasteiger partial charge in [-0.1, -0.05) is 6.07 Å². The molecule has 2 aliphatic rings. The Morgan fingerprint density at radius 3 is 2.35 bits per heavy atom. The van der Waals surface area contributed by atoms with Crippen LogP contribution in [0.15, 0.2) is 6.07 Å². The van der Waals surface area contributed by atoms with Gasteiger partial charge in [0.15, 0.2) is 5.79 Å². The van der Waals surface area contributed by atoms with E-state index in [-0.39, 0.29) is 12.1 Å². The summed E-state index contributed by atoms with van der Waals surface area (Å²) in [5.74, 6) is -1.90. The molecule has 0 fully saturated rings. The number of anilines is 1. The fourth-order valence-electron chi connectivity index (χ4n) is 3.09. The van der Waals surface area contributed by atoms with Crippen LogP contribution in [0.3, 0.4) is 0 Å². The van der Waals surface area contributed by atoms with Crippen molar-refractivity contribution >= 4 is 13.5 Å². The van der Waals surface area contributed by atoms with E-state index >= 15 is 0 Å². The van der Waals surface area contributed by atoms with Gasteiger partial charge in [0, 0.05) is 23.2 Å². The second kappa shape index (κ2) is 3.04. The van der Waals surface area contributed by atoms with Gasteiger partial charge in [-0.2, -0.15) is 0 Å². The predicted molar refractivity (Wildman–Crippen MR) is 63.3 cm³/mol. The van der Waals surface area contributed by atoms with Gasteiger partial charge in [-0.25, -0.2) is 0 Å². The normalized spacial score (nSPS) is 29.1. The third-order valence-corrected chi connectivity index (χ3v) is 3.88. The number of fused-ring (bicyclic) bond motifs is 2. The van der Waals surface area contributed by atoms with E-state index < -0.39 is 11.3 Å². The number of benzene rings is 1. The van der Waals surface area contributed by atoms with Crippen molar-refractivity contribution in [1.82, 2.24) is 0 Å². The summed E-state index contributed by atoms with van der Waals surface area (Å²) in [5, 5.41) is 29.8. The number of aryl methyl sites for hydroxylation is 2. The average Bonchev–Trinajstić information content (AvgIpc) is 2.66. The third kappa shape index (κ3) is 1.36. The zero-order valence-electron chi connectivity index (χ0n) is 9.40. The summed E-state index contributed by atoms with van der Waals surface area (Å²) in [5.41, 5.74) is 7.32. The summed E-state index contributed by atoms with van der Waals surface area (Å²) in [7, 11) is 5.79. The molecule has 88 valence electrons. The summed E-state index contributed by atoms with van der Waals surface area (Å²) in [6.07, 6.45) is 1.91. The van der Waals surface area contributed by atoms with Crippen molar-refractivity contribution in [2.45, 2.75) is 37.0 Å². The molecule has 1 unspecified atom stereocenters. The van der Waals surface area contributed by atoms with Gasteiger partial charge in [0.1, 0.15) is 7.85 Å². The van der Waals surface area contributed by atoms with Crippen molar-refractivity contribution in [2.24, 2.45) is 0 Å². The van der Waals surface area contributed by atoms with Crippen molar-refractivity contribution in [1.29, 1.82) is 0 Å². The van der Waals surface area contributed by atoms with Gasteiger partial charge in [0.05, 0.1) is 5.50 Å². The molecular weight excluding hydrogens is 217 g/mol. The lowest BCUT2D eigenvalue weighted by Gasteiger charge is -2.25. The van der Waals surface area contributed by atoms with Gasteiger partial charge < -0.3 is 21.1 Å². The molecule has 0 aromatic heterocycles. The molecule has 2 aliphatic carbocycles. The lowest BCUT2D eigenvalue weighted by molar-refractivity contribution is -0.165. The number of hydrogen-bond acceptors (Lipinski definition) is 4. The van der Waals surface area contributed by atoms with Crippen LogP contribution >= 0.6 is 0 Å². The fraction of sp³-hybridized carbons (Fsp3) is 0.500. The highest BCUT2D eigenvalue weighted by Crippen LogP contribution is 2.47. The van der Waals surface area contributed by atoms with Crippen molar-refractivity contribution in [3.63, 3.8) is 0 Å². The first-order valence-corrected chi connectivity index (χ1v) is 5.74. The highest BCUT2D eigenvalue weighted by molar-refractivity contribution is 6.15. The van der Waals surface area contributed by atoms with Gasteiger partial charge >= 0.3 is 0 Å². The first kappa shape index (κ1) is 11.1. The maximum atomic E-state index is 10.1. The highest BCUT2D eigenvalue weighted by atomic mass is 16.5. The third-order valence-electron chi connectivity index (χ3n) is 3.88. The molecule has 17 heavy (non-hydrogen) atoms. The zero-order chi connectivity index (χ0) is 12.4. The number of aliphatic hydroxyl groups is 3. The average molecular weight is 231 g/mol. The molecule has 0 saturated carbocycles. The van der Waals surface area contributed by atoms with Gasteiger partial charge in [0.25, 0.3) is 0 Å². The maximum absolute atomic E-state index is 10.1. The highest BCUT2D eigenvalue weighted by Gasteiger charge is 2.42. The molecule has 0 bridgehead atoms. The van der Waals surface area contributed by atoms with E-state index in [2.05, 4.69) is 0 Å². The number of nitrogens with two attached hydrogens (primary N) is 1. The van der Waals surface area contributed by atoms with Gasteiger partial charge in [-0.05, 0) is 30.4 Å².